The summed E-state index contributed by atoms with van der Waals surface area (Å²) in [6.45, 7) is 0. The maximum atomic E-state index is 11.6. The first-order chi connectivity index (χ1) is 10.7. The van der Waals surface area contributed by atoms with Crippen LogP contribution in [0.3, 0.4) is 0 Å². The van der Waals surface area contributed by atoms with Crippen LogP contribution in [-0.2, 0) is 4.74 Å². The molecule has 2 aromatic carbocycles. The summed E-state index contributed by atoms with van der Waals surface area (Å²) in [7, 11) is 1.24. The third kappa shape index (κ3) is 2.44. The number of carbonyl (C=O) groups is 1. The second kappa shape index (κ2) is 5.73. The second-order valence-electron chi connectivity index (χ2n) is 4.58. The average Bonchev–Trinajstić information content (AvgIpc) is 2.56. The van der Waals surface area contributed by atoms with Crippen LogP contribution in [0.4, 0.5) is 0 Å². The Morgan fingerprint density at radius 1 is 1.05 bits per heavy atom. The van der Waals surface area contributed by atoms with E-state index in [0.717, 1.165) is 0 Å². The molecule has 0 aliphatic heterocycles. The van der Waals surface area contributed by atoms with E-state index in [1.165, 1.54) is 13.3 Å². The Kier molecular flexibility index (Phi) is 3.62. The Morgan fingerprint density at radius 2 is 1.82 bits per heavy atom. The fraction of sp³-hybridized carbons (Fsp3) is 0.0588. The minimum atomic E-state index is -0.686. The van der Waals surface area contributed by atoms with Gasteiger partial charge in [0.15, 0.2) is 11.4 Å². The molecule has 1 aromatic heterocycles. The number of aromatic hydroxyl groups is 1. The number of fused-ring (bicyclic) bond motifs is 1. The van der Waals surface area contributed by atoms with Crippen LogP contribution < -0.4 is 4.74 Å². The lowest BCUT2D eigenvalue weighted by atomic mass is 10.1. The van der Waals surface area contributed by atoms with Gasteiger partial charge in [-0.2, -0.15) is 0 Å². The van der Waals surface area contributed by atoms with Crippen molar-refractivity contribution in [1.29, 1.82) is 0 Å². The molecular formula is C17H13NO4. The highest BCUT2D eigenvalue weighted by Crippen LogP contribution is 2.35. The van der Waals surface area contributed by atoms with Gasteiger partial charge in [0.05, 0.1) is 7.11 Å². The summed E-state index contributed by atoms with van der Waals surface area (Å²) in [5.41, 5.74) is -0.119. The number of esters is 1. The Bertz CT molecular complexity index is 831. The molecule has 0 fully saturated rings. The molecule has 0 saturated carbocycles. The molecule has 0 saturated heterocycles. The van der Waals surface area contributed by atoms with Crippen molar-refractivity contribution in [2.45, 2.75) is 0 Å². The van der Waals surface area contributed by atoms with Crippen LogP contribution >= 0.6 is 0 Å². The van der Waals surface area contributed by atoms with Crippen LogP contribution in [0.25, 0.3) is 10.8 Å². The van der Waals surface area contributed by atoms with E-state index < -0.39 is 5.97 Å². The molecule has 0 unspecified atom stereocenters. The van der Waals surface area contributed by atoms with Gasteiger partial charge in [-0.25, -0.2) is 9.78 Å². The standard InChI is InChI=1S/C17H13NO4/c1-21-17(20)15-16(19)12-8-5-9-14(13(12)10-18-15)22-11-6-3-2-4-7-11/h2-10,19H,1H3. The van der Waals surface area contributed by atoms with Crippen LogP contribution in [0.5, 0.6) is 17.2 Å². The number of ether oxygens (including phenoxy) is 2. The van der Waals surface area contributed by atoms with E-state index >= 15 is 0 Å². The monoisotopic (exact) mass is 295 g/mol. The SMILES string of the molecule is COC(=O)c1ncc2c(Oc3ccccc3)cccc2c1O. The van der Waals surface area contributed by atoms with E-state index in [1.807, 2.05) is 30.3 Å². The van der Waals surface area contributed by atoms with Gasteiger partial charge in [0, 0.05) is 17.0 Å². The highest BCUT2D eigenvalue weighted by Gasteiger charge is 2.17. The topological polar surface area (TPSA) is 68.7 Å². The van der Waals surface area contributed by atoms with Crippen molar-refractivity contribution in [3.05, 3.63) is 60.4 Å². The fourth-order valence-corrected chi connectivity index (χ4v) is 2.15. The second-order valence-corrected chi connectivity index (χ2v) is 4.58. The first-order valence-corrected chi connectivity index (χ1v) is 6.62. The predicted octanol–water partition coefficient (Wildman–Crippen LogP) is 3.52. The van der Waals surface area contributed by atoms with Crippen molar-refractivity contribution in [3.8, 4) is 17.2 Å². The molecular weight excluding hydrogens is 282 g/mol. The van der Waals surface area contributed by atoms with Crippen molar-refractivity contribution >= 4 is 16.7 Å². The maximum Gasteiger partial charge on any atom is 0.360 e. The van der Waals surface area contributed by atoms with Gasteiger partial charge in [-0.05, 0) is 18.2 Å². The molecule has 0 amide bonds. The number of rotatable bonds is 3. The van der Waals surface area contributed by atoms with E-state index in [4.69, 9.17) is 4.74 Å². The fourth-order valence-electron chi connectivity index (χ4n) is 2.15. The number of hydrogen-bond donors (Lipinski definition) is 1. The van der Waals surface area contributed by atoms with E-state index in [0.29, 0.717) is 22.3 Å². The summed E-state index contributed by atoms with van der Waals surface area (Å²) in [5, 5.41) is 11.3. The number of methoxy groups -OCH3 is 1. The smallest absolute Gasteiger partial charge is 0.360 e. The minimum Gasteiger partial charge on any atom is -0.505 e. The Balaban J connectivity index is 2.10. The molecule has 0 spiro atoms. The third-order valence-electron chi connectivity index (χ3n) is 3.22. The van der Waals surface area contributed by atoms with Gasteiger partial charge in [-0.3, -0.25) is 0 Å². The summed E-state index contributed by atoms with van der Waals surface area (Å²) >= 11 is 0. The summed E-state index contributed by atoms with van der Waals surface area (Å²) in [5.74, 6) is 0.311. The quantitative estimate of drug-likeness (QED) is 0.749. The highest BCUT2D eigenvalue weighted by molar-refractivity contribution is 6.00. The number of hydrogen-bond acceptors (Lipinski definition) is 5. The summed E-state index contributed by atoms with van der Waals surface area (Å²) in [4.78, 5) is 15.6. The third-order valence-corrected chi connectivity index (χ3v) is 3.22. The molecule has 0 aliphatic carbocycles. The molecule has 1 N–H and O–H groups in total. The van der Waals surface area contributed by atoms with Crippen LogP contribution in [0.15, 0.2) is 54.7 Å². The van der Waals surface area contributed by atoms with Crippen LogP contribution in [0.2, 0.25) is 0 Å². The predicted molar refractivity (Wildman–Crippen MR) is 81.3 cm³/mol. The van der Waals surface area contributed by atoms with Gasteiger partial charge in [0.1, 0.15) is 11.5 Å². The lowest BCUT2D eigenvalue weighted by molar-refractivity contribution is 0.0591. The van der Waals surface area contributed by atoms with Crippen molar-refractivity contribution in [1.82, 2.24) is 4.98 Å². The van der Waals surface area contributed by atoms with Gasteiger partial charge >= 0.3 is 5.97 Å². The number of aromatic nitrogens is 1. The molecule has 22 heavy (non-hydrogen) atoms. The summed E-state index contributed by atoms with van der Waals surface area (Å²) in [6.07, 6.45) is 1.49. The van der Waals surface area contributed by atoms with Crippen molar-refractivity contribution in [3.63, 3.8) is 0 Å². The molecule has 110 valence electrons. The zero-order valence-corrected chi connectivity index (χ0v) is 11.8. The van der Waals surface area contributed by atoms with Gasteiger partial charge in [-0.1, -0.05) is 30.3 Å². The summed E-state index contributed by atoms with van der Waals surface area (Å²) < 4.78 is 10.4. The maximum absolute atomic E-state index is 11.6. The van der Waals surface area contributed by atoms with Gasteiger partial charge < -0.3 is 14.6 Å². The molecule has 1 heterocycles. The average molecular weight is 295 g/mol. The summed E-state index contributed by atoms with van der Waals surface area (Å²) in [6, 6.07) is 14.5. The number of pyridine rings is 1. The molecule has 5 heteroatoms. The van der Waals surface area contributed by atoms with Gasteiger partial charge in [-0.15, -0.1) is 0 Å². The minimum absolute atomic E-state index is 0.119. The first kappa shape index (κ1) is 13.9. The van der Waals surface area contributed by atoms with Gasteiger partial charge in [0.25, 0.3) is 0 Å². The number of carbonyl (C=O) groups excluding carboxylic acids is 1. The number of nitrogens with zero attached hydrogens (tertiary/aromatic N) is 1. The molecule has 3 aromatic rings. The Morgan fingerprint density at radius 3 is 2.55 bits per heavy atom. The molecule has 3 rings (SSSR count). The normalized spacial score (nSPS) is 10.4. The molecule has 5 nitrogen and oxygen atoms in total. The van der Waals surface area contributed by atoms with Crippen molar-refractivity contribution in [2.75, 3.05) is 7.11 Å². The van der Waals surface area contributed by atoms with Crippen LogP contribution in [-0.4, -0.2) is 23.2 Å². The number of para-hydroxylation sites is 1. The molecule has 0 aliphatic rings. The van der Waals surface area contributed by atoms with Crippen molar-refractivity contribution in [2.24, 2.45) is 0 Å². The van der Waals surface area contributed by atoms with Gasteiger partial charge in [0.2, 0.25) is 0 Å². The van der Waals surface area contributed by atoms with E-state index in [2.05, 4.69) is 9.72 Å². The molecule has 0 bridgehead atoms. The van der Waals surface area contributed by atoms with E-state index in [-0.39, 0.29) is 11.4 Å². The Labute approximate surface area is 126 Å². The molecule has 0 atom stereocenters. The van der Waals surface area contributed by atoms with Crippen LogP contribution in [0, 0.1) is 0 Å². The van der Waals surface area contributed by atoms with Crippen LogP contribution in [0.1, 0.15) is 10.5 Å². The zero-order chi connectivity index (χ0) is 15.5. The largest absolute Gasteiger partial charge is 0.505 e. The highest BCUT2D eigenvalue weighted by atomic mass is 16.5. The molecule has 0 radical (unpaired) electrons. The Hall–Kier alpha value is -3.08. The zero-order valence-electron chi connectivity index (χ0n) is 11.8. The first-order valence-electron chi connectivity index (χ1n) is 6.62. The lowest BCUT2D eigenvalue weighted by Gasteiger charge is -2.10. The number of benzene rings is 2. The lowest BCUT2D eigenvalue weighted by Crippen LogP contribution is -2.04. The van der Waals surface area contributed by atoms with Crippen molar-refractivity contribution < 1.29 is 19.4 Å². The van der Waals surface area contributed by atoms with E-state index in [1.54, 1.807) is 18.2 Å². The van der Waals surface area contributed by atoms with E-state index in [9.17, 15) is 9.90 Å².